The fraction of sp³-hybridized carbons (Fsp3) is 0. The van der Waals surface area contributed by atoms with Crippen molar-refractivity contribution in [3.8, 4) is 0 Å². The summed E-state index contributed by atoms with van der Waals surface area (Å²) in [6.07, 6.45) is 3.17. The number of carbonyl (C=O) groups is 2. The van der Waals surface area contributed by atoms with E-state index in [4.69, 9.17) is 0 Å². The molecule has 0 atom stereocenters. The van der Waals surface area contributed by atoms with Crippen molar-refractivity contribution in [3.05, 3.63) is 131 Å². The lowest BCUT2D eigenvalue weighted by atomic mass is 10.1. The highest BCUT2D eigenvalue weighted by atomic mass is 16.2. The molecule has 0 radical (unpaired) electrons. The molecule has 0 aliphatic rings. The van der Waals surface area contributed by atoms with Gasteiger partial charge in [-0.1, -0.05) is 72.8 Å². The van der Waals surface area contributed by atoms with Gasteiger partial charge in [-0.25, -0.2) is 10.9 Å². The van der Waals surface area contributed by atoms with Crippen LogP contribution in [0.5, 0.6) is 0 Å². The molecule has 0 aliphatic carbocycles. The minimum absolute atomic E-state index is 0.320. The van der Waals surface area contributed by atoms with Gasteiger partial charge in [-0.2, -0.15) is 10.2 Å². The predicted octanol–water partition coefficient (Wildman–Crippen LogP) is 4.96. The van der Waals surface area contributed by atoms with E-state index in [1.165, 1.54) is 0 Å². The molecule has 4 rings (SSSR count). The maximum Gasteiger partial charge on any atom is 0.273 e. The summed E-state index contributed by atoms with van der Waals surface area (Å²) in [5, 5.41) is 11.2. The first-order chi connectivity index (χ1) is 17.2. The topological polar surface area (TPSA) is 95.0 Å². The molecule has 2 amide bonds. The lowest BCUT2D eigenvalue weighted by Gasteiger charge is -2.11. The molecule has 35 heavy (non-hydrogen) atoms. The number of hydrazone groups is 2. The van der Waals surface area contributed by atoms with Crippen molar-refractivity contribution in [1.82, 2.24) is 10.9 Å². The van der Waals surface area contributed by atoms with Gasteiger partial charge in [0.05, 0.1) is 23.7 Å². The number of rotatable bonds is 8. The van der Waals surface area contributed by atoms with Crippen LogP contribution in [0.4, 0.5) is 11.4 Å². The number of anilines is 2. The van der Waals surface area contributed by atoms with E-state index in [2.05, 4.69) is 26.4 Å². The number of para-hydroxylation sites is 1. The summed E-state index contributed by atoms with van der Waals surface area (Å²) in [6.45, 7) is 0. The second-order valence-electron chi connectivity index (χ2n) is 7.47. The highest BCUT2D eigenvalue weighted by molar-refractivity contribution is 6.01. The summed E-state index contributed by atoms with van der Waals surface area (Å²) in [5.41, 5.74) is 9.08. The molecule has 3 N–H and O–H groups in total. The van der Waals surface area contributed by atoms with Crippen LogP contribution >= 0.6 is 0 Å². The van der Waals surface area contributed by atoms with Gasteiger partial charge in [-0.05, 0) is 47.5 Å². The maximum atomic E-state index is 12.7. The number of amides is 2. The van der Waals surface area contributed by atoms with Gasteiger partial charge in [-0.15, -0.1) is 0 Å². The summed E-state index contributed by atoms with van der Waals surface area (Å²) < 4.78 is 0. The molecular formula is C28H23N5O2. The van der Waals surface area contributed by atoms with Gasteiger partial charge >= 0.3 is 0 Å². The van der Waals surface area contributed by atoms with E-state index < -0.39 is 0 Å². The standard InChI is InChI=1S/C28H23N5O2/c34-27(32-29-19-21-9-3-1-4-10-21)23-15-17-24(18-16-23)31-26-14-8-7-13-25(26)28(35)33-30-20-22-11-5-2-6-12-22/h1-20,31H,(H,32,34)(H,33,35)/b29-19+,30-20+. The zero-order valence-electron chi connectivity index (χ0n) is 18.8. The van der Waals surface area contributed by atoms with Crippen molar-refractivity contribution in [2.75, 3.05) is 5.32 Å². The highest BCUT2D eigenvalue weighted by Gasteiger charge is 2.11. The zero-order chi connectivity index (χ0) is 24.3. The molecule has 0 bridgehead atoms. The van der Waals surface area contributed by atoms with Gasteiger partial charge in [0.2, 0.25) is 0 Å². The molecule has 0 aromatic heterocycles. The van der Waals surface area contributed by atoms with Crippen LogP contribution in [0.1, 0.15) is 31.8 Å². The Morgan fingerprint density at radius 2 is 1.09 bits per heavy atom. The van der Waals surface area contributed by atoms with Crippen LogP contribution in [0.2, 0.25) is 0 Å². The molecule has 0 fully saturated rings. The summed E-state index contributed by atoms with van der Waals surface area (Å²) >= 11 is 0. The predicted molar refractivity (Wildman–Crippen MR) is 139 cm³/mol. The van der Waals surface area contributed by atoms with Crippen molar-refractivity contribution in [1.29, 1.82) is 0 Å². The number of hydrogen-bond donors (Lipinski definition) is 3. The van der Waals surface area contributed by atoms with Crippen molar-refractivity contribution in [3.63, 3.8) is 0 Å². The normalized spacial score (nSPS) is 10.9. The van der Waals surface area contributed by atoms with Gasteiger partial charge in [0.15, 0.2) is 0 Å². The Balaban J connectivity index is 1.37. The van der Waals surface area contributed by atoms with E-state index in [0.29, 0.717) is 16.8 Å². The van der Waals surface area contributed by atoms with Crippen molar-refractivity contribution in [2.45, 2.75) is 0 Å². The second-order valence-corrected chi connectivity index (χ2v) is 7.47. The molecule has 0 saturated carbocycles. The van der Waals surface area contributed by atoms with E-state index in [0.717, 1.165) is 16.8 Å². The number of benzene rings is 4. The molecule has 7 heteroatoms. The highest BCUT2D eigenvalue weighted by Crippen LogP contribution is 2.21. The average molecular weight is 462 g/mol. The molecule has 7 nitrogen and oxygen atoms in total. The van der Waals surface area contributed by atoms with Gasteiger partial charge in [0.25, 0.3) is 11.8 Å². The molecule has 0 heterocycles. The van der Waals surface area contributed by atoms with Crippen molar-refractivity contribution in [2.24, 2.45) is 10.2 Å². The number of nitrogens with zero attached hydrogens (tertiary/aromatic N) is 2. The van der Waals surface area contributed by atoms with Crippen LogP contribution < -0.4 is 16.2 Å². The van der Waals surface area contributed by atoms with Gasteiger partial charge in [0.1, 0.15) is 0 Å². The maximum absolute atomic E-state index is 12.7. The first-order valence-electron chi connectivity index (χ1n) is 10.9. The third-order valence-electron chi connectivity index (χ3n) is 4.96. The average Bonchev–Trinajstić information content (AvgIpc) is 2.90. The van der Waals surface area contributed by atoms with Crippen molar-refractivity contribution >= 4 is 35.6 Å². The Morgan fingerprint density at radius 1 is 0.571 bits per heavy atom. The Bertz CT molecular complexity index is 1330. The number of nitrogens with one attached hydrogen (secondary N) is 3. The molecule has 0 aliphatic heterocycles. The van der Waals surface area contributed by atoms with E-state index in [1.54, 1.807) is 54.9 Å². The van der Waals surface area contributed by atoms with Gasteiger partial charge in [-0.3, -0.25) is 9.59 Å². The summed E-state index contributed by atoms with van der Waals surface area (Å²) in [6, 6.07) is 33.0. The molecule has 4 aromatic rings. The van der Waals surface area contributed by atoms with E-state index in [1.807, 2.05) is 66.7 Å². The Hall–Kier alpha value is -5.04. The summed E-state index contributed by atoms with van der Waals surface area (Å²) in [7, 11) is 0. The lowest BCUT2D eigenvalue weighted by Crippen LogP contribution is -2.19. The minimum Gasteiger partial charge on any atom is -0.355 e. The monoisotopic (exact) mass is 461 g/mol. The SMILES string of the molecule is O=C(N/N=C/c1ccccc1)c1ccc(Nc2ccccc2C(=O)N/N=C/c2ccccc2)cc1. The fourth-order valence-electron chi connectivity index (χ4n) is 3.18. The molecule has 0 unspecified atom stereocenters. The zero-order valence-corrected chi connectivity index (χ0v) is 18.8. The first-order valence-corrected chi connectivity index (χ1v) is 10.9. The largest absolute Gasteiger partial charge is 0.355 e. The van der Waals surface area contributed by atoms with Crippen LogP contribution in [-0.4, -0.2) is 24.2 Å². The van der Waals surface area contributed by atoms with Gasteiger partial charge in [0, 0.05) is 11.3 Å². The van der Waals surface area contributed by atoms with Crippen LogP contribution in [0, 0.1) is 0 Å². The van der Waals surface area contributed by atoms with Crippen LogP contribution in [-0.2, 0) is 0 Å². The third kappa shape index (κ3) is 6.72. The smallest absolute Gasteiger partial charge is 0.273 e. The Kier molecular flexibility index (Phi) is 7.74. The molecule has 4 aromatic carbocycles. The van der Waals surface area contributed by atoms with E-state index in [-0.39, 0.29) is 11.8 Å². The lowest BCUT2D eigenvalue weighted by molar-refractivity contribution is 0.0947. The van der Waals surface area contributed by atoms with Crippen LogP contribution in [0.25, 0.3) is 0 Å². The second kappa shape index (κ2) is 11.7. The molecule has 172 valence electrons. The molecular weight excluding hydrogens is 438 g/mol. The molecule has 0 spiro atoms. The van der Waals surface area contributed by atoms with E-state index >= 15 is 0 Å². The Labute approximate surface area is 203 Å². The third-order valence-corrected chi connectivity index (χ3v) is 4.96. The van der Waals surface area contributed by atoms with Crippen LogP contribution in [0.3, 0.4) is 0 Å². The quantitative estimate of drug-likeness (QED) is 0.256. The fourth-order valence-corrected chi connectivity index (χ4v) is 3.18. The van der Waals surface area contributed by atoms with Crippen LogP contribution in [0.15, 0.2) is 119 Å². The number of hydrogen-bond acceptors (Lipinski definition) is 5. The molecule has 0 saturated heterocycles. The summed E-state index contributed by atoms with van der Waals surface area (Å²) in [4.78, 5) is 25.0. The summed E-state index contributed by atoms with van der Waals surface area (Å²) in [5.74, 6) is -0.660. The first kappa shape index (κ1) is 23.1. The minimum atomic E-state index is -0.340. The van der Waals surface area contributed by atoms with Crippen molar-refractivity contribution < 1.29 is 9.59 Å². The van der Waals surface area contributed by atoms with Gasteiger partial charge < -0.3 is 5.32 Å². The number of carbonyl (C=O) groups excluding carboxylic acids is 2. The van der Waals surface area contributed by atoms with E-state index in [9.17, 15) is 9.59 Å². The Morgan fingerprint density at radius 3 is 1.69 bits per heavy atom.